The Morgan fingerprint density at radius 1 is 1.32 bits per heavy atom. The van der Waals surface area contributed by atoms with Crippen molar-refractivity contribution in [3.8, 4) is 5.75 Å². The summed E-state index contributed by atoms with van der Waals surface area (Å²) in [6.45, 7) is 2.72. The summed E-state index contributed by atoms with van der Waals surface area (Å²) in [7, 11) is 1.70. The zero-order valence-electron chi connectivity index (χ0n) is 11.2. The van der Waals surface area contributed by atoms with Crippen LogP contribution in [0.15, 0.2) is 48.6 Å². The van der Waals surface area contributed by atoms with Crippen LogP contribution in [0.5, 0.6) is 5.75 Å². The van der Waals surface area contributed by atoms with E-state index in [9.17, 15) is 9.18 Å². The van der Waals surface area contributed by atoms with Crippen LogP contribution in [0.25, 0.3) is 0 Å². The summed E-state index contributed by atoms with van der Waals surface area (Å²) in [5, 5.41) is 0. The molecule has 3 nitrogen and oxygen atoms in total. The highest BCUT2D eigenvalue weighted by Gasteiger charge is 2.04. The minimum Gasteiger partial charge on any atom is -0.492 e. The van der Waals surface area contributed by atoms with Crippen molar-refractivity contribution >= 4 is 5.91 Å². The normalized spacial score (nSPS) is 11.1. The summed E-state index contributed by atoms with van der Waals surface area (Å²) in [4.78, 5) is 13.2. The van der Waals surface area contributed by atoms with Crippen molar-refractivity contribution < 1.29 is 13.9 Å². The zero-order chi connectivity index (χ0) is 14.1. The van der Waals surface area contributed by atoms with E-state index in [0.717, 1.165) is 0 Å². The third-order valence-corrected chi connectivity index (χ3v) is 2.43. The van der Waals surface area contributed by atoms with Crippen LogP contribution >= 0.6 is 0 Å². The maximum absolute atomic E-state index is 12.7. The molecule has 4 heteroatoms. The average molecular weight is 263 g/mol. The molecule has 102 valence electrons. The highest BCUT2D eigenvalue weighted by atomic mass is 19.1. The van der Waals surface area contributed by atoms with Gasteiger partial charge in [0, 0.05) is 13.1 Å². The average Bonchev–Trinajstić information content (AvgIpc) is 2.41. The van der Waals surface area contributed by atoms with E-state index in [1.165, 1.54) is 18.2 Å². The summed E-state index contributed by atoms with van der Waals surface area (Å²) >= 11 is 0. The first-order chi connectivity index (χ1) is 9.13. The molecule has 0 aliphatic rings. The summed E-state index contributed by atoms with van der Waals surface area (Å²) in [5.74, 6) is 0.210. The number of allylic oxidation sites excluding steroid dienone is 3. The minimum absolute atomic E-state index is 0.0826. The lowest BCUT2D eigenvalue weighted by Crippen LogP contribution is -2.29. The monoisotopic (exact) mass is 263 g/mol. The first kappa shape index (κ1) is 15.0. The fourth-order valence-electron chi connectivity index (χ4n) is 1.32. The van der Waals surface area contributed by atoms with Gasteiger partial charge in [0.15, 0.2) is 0 Å². The molecule has 19 heavy (non-hydrogen) atoms. The molecule has 0 saturated heterocycles. The third kappa shape index (κ3) is 5.86. The first-order valence-electron chi connectivity index (χ1n) is 6.06. The highest BCUT2D eigenvalue weighted by molar-refractivity contribution is 5.87. The molecule has 0 heterocycles. The summed E-state index contributed by atoms with van der Waals surface area (Å²) in [5.41, 5.74) is 0. The minimum atomic E-state index is -0.297. The largest absolute Gasteiger partial charge is 0.492 e. The van der Waals surface area contributed by atoms with Crippen molar-refractivity contribution in [2.24, 2.45) is 0 Å². The van der Waals surface area contributed by atoms with Gasteiger partial charge in [0.25, 0.3) is 0 Å². The number of carbonyl (C=O) groups excluding carboxylic acids is 1. The van der Waals surface area contributed by atoms with E-state index >= 15 is 0 Å². The smallest absolute Gasteiger partial charge is 0.246 e. The van der Waals surface area contributed by atoms with Crippen molar-refractivity contribution in [2.75, 3.05) is 20.2 Å². The third-order valence-electron chi connectivity index (χ3n) is 2.43. The van der Waals surface area contributed by atoms with Gasteiger partial charge < -0.3 is 9.64 Å². The first-order valence-corrected chi connectivity index (χ1v) is 6.06. The van der Waals surface area contributed by atoms with Crippen LogP contribution in [0.4, 0.5) is 4.39 Å². The molecule has 0 radical (unpaired) electrons. The molecule has 1 aromatic rings. The van der Waals surface area contributed by atoms with Crippen LogP contribution in [-0.4, -0.2) is 31.0 Å². The van der Waals surface area contributed by atoms with E-state index in [0.29, 0.717) is 18.9 Å². The molecule has 1 rings (SSSR count). The number of nitrogens with zero attached hydrogens (tertiary/aromatic N) is 1. The van der Waals surface area contributed by atoms with E-state index < -0.39 is 0 Å². The van der Waals surface area contributed by atoms with Crippen molar-refractivity contribution in [3.63, 3.8) is 0 Å². The van der Waals surface area contributed by atoms with Gasteiger partial charge in [-0.3, -0.25) is 4.79 Å². The Labute approximate surface area is 113 Å². The van der Waals surface area contributed by atoms with Crippen molar-refractivity contribution in [2.45, 2.75) is 6.92 Å². The number of carbonyl (C=O) groups is 1. The second kappa shape index (κ2) is 8.08. The molecule has 0 saturated carbocycles. The molecular weight excluding hydrogens is 245 g/mol. The van der Waals surface area contributed by atoms with E-state index in [-0.39, 0.29) is 11.7 Å². The van der Waals surface area contributed by atoms with Gasteiger partial charge in [-0.15, -0.1) is 0 Å². The summed E-state index contributed by atoms with van der Waals surface area (Å²) in [6, 6.07) is 5.79. The number of hydrogen-bond donors (Lipinski definition) is 0. The molecule has 0 unspecified atom stereocenters. The maximum Gasteiger partial charge on any atom is 0.246 e. The van der Waals surface area contributed by atoms with Gasteiger partial charge >= 0.3 is 0 Å². The van der Waals surface area contributed by atoms with E-state index in [2.05, 4.69) is 0 Å². The van der Waals surface area contributed by atoms with Crippen molar-refractivity contribution in [1.82, 2.24) is 4.90 Å². The lowest BCUT2D eigenvalue weighted by Gasteiger charge is -2.15. The Balaban J connectivity index is 2.32. The van der Waals surface area contributed by atoms with Gasteiger partial charge in [-0.1, -0.05) is 18.2 Å². The van der Waals surface area contributed by atoms with Gasteiger partial charge in [-0.2, -0.15) is 0 Å². The van der Waals surface area contributed by atoms with Crippen molar-refractivity contribution in [3.05, 3.63) is 54.4 Å². The van der Waals surface area contributed by atoms with Crippen LogP contribution in [0, 0.1) is 5.82 Å². The Bertz CT molecular complexity index is 452. The Hall–Kier alpha value is -2.10. The van der Waals surface area contributed by atoms with Crippen LogP contribution in [0.3, 0.4) is 0 Å². The molecule has 0 fully saturated rings. The molecule has 0 N–H and O–H groups in total. The van der Waals surface area contributed by atoms with Gasteiger partial charge in [0.2, 0.25) is 5.91 Å². The molecule has 1 amide bonds. The van der Waals surface area contributed by atoms with E-state index in [4.69, 9.17) is 4.74 Å². The number of ether oxygens (including phenoxy) is 1. The Morgan fingerprint density at radius 2 is 2.00 bits per heavy atom. The van der Waals surface area contributed by atoms with Gasteiger partial charge in [0.05, 0.1) is 6.54 Å². The predicted octanol–water partition coefficient (Wildman–Crippen LogP) is 2.80. The molecule has 1 aromatic carbocycles. The fraction of sp³-hybridized carbons (Fsp3) is 0.267. The number of hydrogen-bond acceptors (Lipinski definition) is 2. The quantitative estimate of drug-likeness (QED) is 0.583. The summed E-state index contributed by atoms with van der Waals surface area (Å²) in [6.07, 6.45) is 6.83. The molecule has 0 aliphatic carbocycles. The van der Waals surface area contributed by atoms with Crippen LogP contribution in [0.1, 0.15) is 6.92 Å². The lowest BCUT2D eigenvalue weighted by molar-refractivity contribution is -0.125. The van der Waals surface area contributed by atoms with Gasteiger partial charge in [0.1, 0.15) is 18.2 Å². The van der Waals surface area contributed by atoms with Crippen molar-refractivity contribution in [1.29, 1.82) is 0 Å². The molecule has 0 aromatic heterocycles. The number of halogens is 1. The SMILES string of the molecule is C/C=C/C=C/C(=O)N(C)CCOc1ccc(F)cc1. The van der Waals surface area contributed by atoms with Crippen LogP contribution in [0.2, 0.25) is 0 Å². The number of amides is 1. The predicted molar refractivity (Wildman–Crippen MR) is 73.5 cm³/mol. The molecular formula is C15H18FNO2. The fourth-order valence-corrected chi connectivity index (χ4v) is 1.32. The standard InChI is InChI=1S/C15H18FNO2/c1-3-4-5-6-15(18)17(2)11-12-19-14-9-7-13(16)8-10-14/h3-10H,11-12H2,1-2H3/b4-3+,6-5+. The molecule has 0 bridgehead atoms. The molecule has 0 atom stereocenters. The molecule has 0 spiro atoms. The number of benzene rings is 1. The number of rotatable bonds is 6. The second-order valence-electron chi connectivity index (χ2n) is 3.95. The van der Waals surface area contributed by atoms with E-state index in [1.807, 2.05) is 13.0 Å². The molecule has 0 aliphatic heterocycles. The van der Waals surface area contributed by atoms with Gasteiger partial charge in [-0.05, 0) is 31.2 Å². The Morgan fingerprint density at radius 3 is 2.63 bits per heavy atom. The Kier molecular flexibility index (Phi) is 6.36. The highest BCUT2D eigenvalue weighted by Crippen LogP contribution is 2.10. The van der Waals surface area contributed by atoms with E-state index in [1.54, 1.807) is 36.2 Å². The zero-order valence-corrected chi connectivity index (χ0v) is 11.2. The van der Waals surface area contributed by atoms with Gasteiger partial charge in [-0.25, -0.2) is 4.39 Å². The topological polar surface area (TPSA) is 29.5 Å². The summed E-state index contributed by atoms with van der Waals surface area (Å²) < 4.78 is 18.1. The number of likely N-dealkylation sites (N-methyl/N-ethyl adjacent to an activating group) is 1. The second-order valence-corrected chi connectivity index (χ2v) is 3.95. The maximum atomic E-state index is 12.7. The van der Waals surface area contributed by atoms with Crippen LogP contribution in [-0.2, 0) is 4.79 Å². The van der Waals surface area contributed by atoms with Crippen LogP contribution < -0.4 is 4.74 Å². The lowest BCUT2D eigenvalue weighted by atomic mass is 10.3.